The fourth-order valence-corrected chi connectivity index (χ4v) is 2.56. The van der Waals surface area contributed by atoms with Crippen LogP contribution in [0.5, 0.6) is 0 Å². The van der Waals surface area contributed by atoms with E-state index in [1.54, 1.807) is 6.92 Å². The number of carbonyl (C=O) groups is 2. The first kappa shape index (κ1) is 17.9. The number of hydrogen-bond acceptors (Lipinski definition) is 2. The summed E-state index contributed by atoms with van der Waals surface area (Å²) >= 11 is 5.89. The van der Waals surface area contributed by atoms with Crippen molar-refractivity contribution in [3.8, 4) is 0 Å². The van der Waals surface area contributed by atoms with Gasteiger partial charge in [0.05, 0.1) is 16.1 Å². The Morgan fingerprint density at radius 2 is 1.79 bits per heavy atom. The third-order valence-electron chi connectivity index (χ3n) is 3.49. The van der Waals surface area contributed by atoms with Gasteiger partial charge in [-0.25, -0.2) is 13.6 Å². The van der Waals surface area contributed by atoms with Gasteiger partial charge in [0, 0.05) is 12.1 Å². The Balaban J connectivity index is 2.29. The number of hydrogen-bond donors (Lipinski definition) is 2. The van der Waals surface area contributed by atoms with Crippen molar-refractivity contribution < 1.29 is 23.5 Å². The number of rotatable bonds is 5. The van der Waals surface area contributed by atoms with Crippen LogP contribution in [0.4, 0.5) is 8.78 Å². The molecule has 24 heavy (non-hydrogen) atoms. The van der Waals surface area contributed by atoms with E-state index in [-0.39, 0.29) is 29.1 Å². The number of carboxylic acids is 1. The highest BCUT2D eigenvalue weighted by Gasteiger charge is 2.23. The molecular formula is C17H14ClF2NO3. The molecule has 2 aromatic rings. The van der Waals surface area contributed by atoms with E-state index in [1.807, 2.05) is 0 Å². The topological polar surface area (TPSA) is 66.4 Å². The zero-order valence-electron chi connectivity index (χ0n) is 12.7. The third kappa shape index (κ3) is 3.71. The van der Waals surface area contributed by atoms with Crippen LogP contribution in [0.2, 0.25) is 5.02 Å². The number of carboxylic acid groups (broad SMARTS) is 1. The average molecular weight is 354 g/mol. The van der Waals surface area contributed by atoms with Crippen molar-refractivity contribution in [3.63, 3.8) is 0 Å². The summed E-state index contributed by atoms with van der Waals surface area (Å²) in [6.07, 6.45) is 0.143. The van der Waals surface area contributed by atoms with Crippen LogP contribution in [0.25, 0.3) is 0 Å². The second-order valence-corrected chi connectivity index (χ2v) is 5.42. The second kappa shape index (κ2) is 7.40. The van der Waals surface area contributed by atoms with E-state index >= 15 is 0 Å². The van der Waals surface area contributed by atoms with Crippen molar-refractivity contribution >= 4 is 23.5 Å². The summed E-state index contributed by atoms with van der Waals surface area (Å²) < 4.78 is 27.3. The van der Waals surface area contributed by atoms with Gasteiger partial charge in [-0.1, -0.05) is 30.7 Å². The van der Waals surface area contributed by atoms with Crippen molar-refractivity contribution in [2.45, 2.75) is 19.9 Å². The van der Waals surface area contributed by atoms with Gasteiger partial charge in [0.2, 0.25) is 0 Å². The van der Waals surface area contributed by atoms with Crippen molar-refractivity contribution in [3.05, 3.63) is 69.2 Å². The first-order valence-corrected chi connectivity index (χ1v) is 7.49. The molecule has 126 valence electrons. The predicted octanol–water partition coefficient (Wildman–Crippen LogP) is 3.81. The standard InChI is InChI=1S/C17H14ClF2NO3/c1-2-11-14(18)12(17(23)24)7-13(15(11)20)16(22)21-8-9-3-5-10(19)6-4-9/h3-7H,2,8H2,1H3,(H,21,22)(H,23,24). The molecule has 0 saturated heterocycles. The van der Waals surface area contributed by atoms with Crippen LogP contribution < -0.4 is 5.32 Å². The largest absolute Gasteiger partial charge is 0.478 e. The molecule has 0 aliphatic heterocycles. The van der Waals surface area contributed by atoms with Crippen LogP contribution in [0, 0.1) is 11.6 Å². The van der Waals surface area contributed by atoms with Crippen LogP contribution in [-0.2, 0) is 13.0 Å². The second-order valence-electron chi connectivity index (χ2n) is 5.05. The van der Waals surface area contributed by atoms with E-state index in [1.165, 1.54) is 24.3 Å². The highest BCUT2D eigenvalue weighted by molar-refractivity contribution is 6.34. The smallest absolute Gasteiger partial charge is 0.337 e. The molecule has 0 radical (unpaired) electrons. The van der Waals surface area contributed by atoms with Crippen LogP contribution >= 0.6 is 11.6 Å². The summed E-state index contributed by atoms with van der Waals surface area (Å²) in [5, 5.41) is 11.4. The fourth-order valence-electron chi connectivity index (χ4n) is 2.20. The number of aromatic carboxylic acids is 1. The van der Waals surface area contributed by atoms with Crippen molar-refractivity contribution in [1.29, 1.82) is 0 Å². The lowest BCUT2D eigenvalue weighted by molar-refractivity contribution is 0.0697. The molecule has 0 spiro atoms. The molecule has 0 aliphatic carbocycles. The van der Waals surface area contributed by atoms with E-state index in [0.717, 1.165) is 6.07 Å². The van der Waals surface area contributed by atoms with Crippen molar-refractivity contribution in [1.82, 2.24) is 5.32 Å². The monoisotopic (exact) mass is 353 g/mol. The molecule has 2 aromatic carbocycles. The van der Waals surface area contributed by atoms with Gasteiger partial charge in [-0.15, -0.1) is 0 Å². The average Bonchev–Trinajstić information content (AvgIpc) is 2.54. The summed E-state index contributed by atoms with van der Waals surface area (Å²) in [5.74, 6) is -3.37. The van der Waals surface area contributed by atoms with E-state index in [4.69, 9.17) is 16.7 Å². The van der Waals surface area contributed by atoms with Gasteiger partial charge >= 0.3 is 5.97 Å². The Morgan fingerprint density at radius 1 is 1.17 bits per heavy atom. The van der Waals surface area contributed by atoms with E-state index in [9.17, 15) is 18.4 Å². The van der Waals surface area contributed by atoms with Crippen LogP contribution in [0.3, 0.4) is 0 Å². The van der Waals surface area contributed by atoms with Gasteiger partial charge in [-0.2, -0.15) is 0 Å². The number of carbonyl (C=O) groups excluding carboxylic acids is 1. The van der Waals surface area contributed by atoms with Crippen molar-refractivity contribution in [2.75, 3.05) is 0 Å². The molecular weight excluding hydrogens is 340 g/mol. The zero-order chi connectivity index (χ0) is 17.9. The molecule has 1 amide bonds. The van der Waals surface area contributed by atoms with Gasteiger partial charge < -0.3 is 10.4 Å². The molecule has 0 heterocycles. The fraction of sp³-hybridized carbons (Fsp3) is 0.176. The third-order valence-corrected chi connectivity index (χ3v) is 3.92. The Labute approximate surface area is 142 Å². The summed E-state index contributed by atoms with van der Waals surface area (Å²) in [4.78, 5) is 23.4. The molecule has 2 N–H and O–H groups in total. The Hall–Kier alpha value is -2.47. The van der Waals surface area contributed by atoms with Gasteiger partial charge in [0.25, 0.3) is 5.91 Å². The molecule has 4 nitrogen and oxygen atoms in total. The maximum atomic E-state index is 14.4. The van der Waals surface area contributed by atoms with Gasteiger partial charge in [0.15, 0.2) is 0 Å². The maximum Gasteiger partial charge on any atom is 0.337 e. The summed E-state index contributed by atoms with van der Waals surface area (Å²) in [5.41, 5.74) is -0.130. The van der Waals surface area contributed by atoms with E-state index in [2.05, 4.69) is 5.32 Å². The lowest BCUT2D eigenvalue weighted by atomic mass is 10.0. The lowest BCUT2D eigenvalue weighted by Crippen LogP contribution is -2.25. The van der Waals surface area contributed by atoms with Crippen LogP contribution in [0.15, 0.2) is 30.3 Å². The molecule has 0 fully saturated rings. The molecule has 0 atom stereocenters. The molecule has 0 unspecified atom stereocenters. The highest BCUT2D eigenvalue weighted by Crippen LogP contribution is 2.27. The lowest BCUT2D eigenvalue weighted by Gasteiger charge is -2.12. The molecule has 0 aliphatic rings. The molecule has 0 saturated carbocycles. The zero-order valence-corrected chi connectivity index (χ0v) is 13.5. The van der Waals surface area contributed by atoms with Gasteiger partial charge in [-0.3, -0.25) is 4.79 Å². The Bertz CT molecular complexity index is 791. The van der Waals surface area contributed by atoms with E-state index < -0.39 is 29.1 Å². The quantitative estimate of drug-likeness (QED) is 0.859. The molecule has 2 rings (SSSR count). The Morgan fingerprint density at radius 3 is 2.33 bits per heavy atom. The summed E-state index contributed by atoms with van der Waals surface area (Å²) in [7, 11) is 0. The number of nitrogens with one attached hydrogen (secondary N) is 1. The summed E-state index contributed by atoms with van der Waals surface area (Å²) in [6.45, 7) is 1.65. The number of benzene rings is 2. The predicted molar refractivity (Wildman–Crippen MR) is 85.3 cm³/mol. The Kier molecular flexibility index (Phi) is 5.51. The number of halogens is 3. The minimum Gasteiger partial charge on any atom is -0.478 e. The minimum absolute atomic E-state index is 0.0245. The first-order valence-electron chi connectivity index (χ1n) is 7.12. The van der Waals surface area contributed by atoms with Gasteiger partial charge in [0.1, 0.15) is 11.6 Å². The molecule has 0 aromatic heterocycles. The normalized spacial score (nSPS) is 10.5. The minimum atomic E-state index is -1.35. The molecule has 0 bridgehead atoms. The SMILES string of the molecule is CCc1c(F)c(C(=O)NCc2ccc(F)cc2)cc(C(=O)O)c1Cl. The highest BCUT2D eigenvalue weighted by atomic mass is 35.5. The van der Waals surface area contributed by atoms with Crippen molar-refractivity contribution in [2.24, 2.45) is 0 Å². The number of amides is 1. The summed E-state index contributed by atoms with van der Waals surface area (Å²) in [6, 6.07) is 6.35. The van der Waals surface area contributed by atoms with E-state index in [0.29, 0.717) is 5.56 Å². The van der Waals surface area contributed by atoms with Gasteiger partial charge in [-0.05, 0) is 30.2 Å². The van der Waals surface area contributed by atoms with Crippen LogP contribution in [0.1, 0.15) is 38.8 Å². The molecule has 7 heteroatoms. The first-order chi connectivity index (χ1) is 11.3. The maximum absolute atomic E-state index is 14.4. The van der Waals surface area contributed by atoms with Crippen LogP contribution in [-0.4, -0.2) is 17.0 Å².